The minimum Gasteiger partial charge on any atom is -0.486 e. The molecule has 0 atom stereocenters. The molecule has 2 aromatic heterocycles. The normalized spacial score (nSPS) is 15.6. The Morgan fingerprint density at radius 3 is 2.60 bits per heavy atom. The number of fused-ring (bicyclic) bond motifs is 1. The van der Waals surface area contributed by atoms with Crippen molar-refractivity contribution >= 4 is 5.78 Å². The summed E-state index contributed by atoms with van der Waals surface area (Å²) >= 11 is 0. The standard InChI is InChI=1S/C21H18F3N3O3/c1-3-20(4-2)10-16(28)14-9-12(5-6-17(14)29-20)19-26-18(27-30-19)13-7-8-25-11-15(13)21(22,23)24/h5-9,11H,3-4,10H2,1-2H3. The maximum atomic E-state index is 13.2. The Balaban J connectivity index is 1.70. The first-order chi connectivity index (χ1) is 14.3. The van der Waals surface area contributed by atoms with Gasteiger partial charge in [-0.2, -0.15) is 18.2 Å². The molecule has 0 fully saturated rings. The first kappa shape index (κ1) is 20.1. The lowest BCUT2D eigenvalue weighted by atomic mass is 9.85. The van der Waals surface area contributed by atoms with E-state index in [9.17, 15) is 18.0 Å². The summed E-state index contributed by atoms with van der Waals surface area (Å²) in [6.07, 6.45) is -0.992. The summed E-state index contributed by atoms with van der Waals surface area (Å²) in [6, 6.07) is 6.04. The predicted molar refractivity (Wildman–Crippen MR) is 101 cm³/mol. The van der Waals surface area contributed by atoms with Crippen molar-refractivity contribution in [3.05, 3.63) is 47.8 Å². The van der Waals surface area contributed by atoms with Crippen LogP contribution >= 0.6 is 0 Å². The lowest BCUT2D eigenvalue weighted by Gasteiger charge is -2.36. The van der Waals surface area contributed by atoms with E-state index in [0.717, 1.165) is 0 Å². The topological polar surface area (TPSA) is 78.1 Å². The largest absolute Gasteiger partial charge is 0.486 e. The minimum absolute atomic E-state index is 0.00774. The maximum absolute atomic E-state index is 13.2. The van der Waals surface area contributed by atoms with Gasteiger partial charge in [-0.1, -0.05) is 19.0 Å². The quantitative estimate of drug-likeness (QED) is 0.570. The van der Waals surface area contributed by atoms with Crippen molar-refractivity contribution < 1.29 is 27.2 Å². The highest BCUT2D eigenvalue weighted by Gasteiger charge is 2.38. The van der Waals surface area contributed by atoms with Crippen molar-refractivity contribution in [1.29, 1.82) is 0 Å². The fourth-order valence-corrected chi connectivity index (χ4v) is 3.54. The van der Waals surface area contributed by atoms with Crippen molar-refractivity contribution in [2.45, 2.75) is 44.9 Å². The molecular formula is C21H18F3N3O3. The number of nitrogens with zero attached hydrogens (tertiary/aromatic N) is 3. The number of hydrogen-bond acceptors (Lipinski definition) is 6. The molecule has 3 heterocycles. The van der Waals surface area contributed by atoms with E-state index in [-0.39, 0.29) is 29.5 Å². The van der Waals surface area contributed by atoms with Crippen LogP contribution in [0.25, 0.3) is 22.8 Å². The smallest absolute Gasteiger partial charge is 0.418 e. The number of aromatic nitrogens is 3. The first-order valence-electron chi connectivity index (χ1n) is 9.48. The van der Waals surface area contributed by atoms with Gasteiger partial charge in [0.15, 0.2) is 5.78 Å². The molecule has 0 radical (unpaired) electrons. The SMILES string of the molecule is CCC1(CC)CC(=O)c2cc(-c3nc(-c4ccncc4C(F)(F)F)no3)ccc2O1. The van der Waals surface area contributed by atoms with Gasteiger partial charge in [0.05, 0.1) is 17.5 Å². The van der Waals surface area contributed by atoms with Crippen molar-refractivity contribution in [1.82, 2.24) is 15.1 Å². The predicted octanol–water partition coefficient (Wildman–Crippen LogP) is 5.34. The van der Waals surface area contributed by atoms with Crippen LogP contribution in [-0.4, -0.2) is 26.5 Å². The summed E-state index contributed by atoms with van der Waals surface area (Å²) in [7, 11) is 0. The zero-order valence-electron chi connectivity index (χ0n) is 16.3. The third-order valence-electron chi connectivity index (χ3n) is 5.42. The van der Waals surface area contributed by atoms with E-state index < -0.39 is 17.3 Å². The molecule has 156 valence electrons. The van der Waals surface area contributed by atoms with E-state index in [2.05, 4.69) is 15.1 Å². The van der Waals surface area contributed by atoms with Crippen LogP contribution < -0.4 is 4.74 Å². The number of carbonyl (C=O) groups is 1. The number of ether oxygens (including phenoxy) is 1. The Labute approximate surface area is 170 Å². The third-order valence-corrected chi connectivity index (χ3v) is 5.42. The number of Topliss-reactive ketones (excluding diaryl/α,β-unsaturated/α-hetero) is 1. The van der Waals surface area contributed by atoms with Gasteiger partial charge in [0, 0.05) is 23.5 Å². The molecule has 9 heteroatoms. The molecule has 0 N–H and O–H groups in total. The molecule has 0 amide bonds. The second kappa shape index (κ2) is 7.23. The molecule has 3 aromatic rings. The molecule has 0 spiro atoms. The molecule has 6 nitrogen and oxygen atoms in total. The van der Waals surface area contributed by atoms with Gasteiger partial charge < -0.3 is 9.26 Å². The highest BCUT2D eigenvalue weighted by molar-refractivity contribution is 6.01. The van der Waals surface area contributed by atoms with Gasteiger partial charge in [0.2, 0.25) is 5.82 Å². The van der Waals surface area contributed by atoms with Crippen LogP contribution in [0, 0.1) is 0 Å². The fourth-order valence-electron chi connectivity index (χ4n) is 3.54. The number of carbonyl (C=O) groups excluding carboxylic acids is 1. The van der Waals surface area contributed by atoms with E-state index in [1.165, 1.54) is 12.3 Å². The summed E-state index contributed by atoms with van der Waals surface area (Å²) in [5.74, 6) is 0.214. The Hall–Kier alpha value is -3.23. The van der Waals surface area contributed by atoms with Gasteiger partial charge >= 0.3 is 6.18 Å². The second-order valence-electron chi connectivity index (χ2n) is 7.15. The van der Waals surface area contributed by atoms with E-state index in [0.29, 0.717) is 35.9 Å². The number of hydrogen-bond donors (Lipinski definition) is 0. The highest BCUT2D eigenvalue weighted by atomic mass is 19.4. The minimum atomic E-state index is -4.61. The van der Waals surface area contributed by atoms with Gasteiger partial charge in [-0.25, -0.2) is 0 Å². The summed E-state index contributed by atoms with van der Waals surface area (Å²) < 4.78 is 51.0. The van der Waals surface area contributed by atoms with E-state index in [1.54, 1.807) is 18.2 Å². The van der Waals surface area contributed by atoms with Crippen LogP contribution in [0.1, 0.15) is 49.0 Å². The van der Waals surface area contributed by atoms with Crippen LogP contribution in [0.4, 0.5) is 13.2 Å². The lowest BCUT2D eigenvalue weighted by Crippen LogP contribution is -2.40. The molecule has 1 aromatic carbocycles. The zero-order chi connectivity index (χ0) is 21.5. The maximum Gasteiger partial charge on any atom is 0.418 e. The Bertz CT molecular complexity index is 1100. The first-order valence-corrected chi connectivity index (χ1v) is 9.48. The van der Waals surface area contributed by atoms with E-state index >= 15 is 0 Å². The summed E-state index contributed by atoms with van der Waals surface area (Å²) in [6.45, 7) is 3.95. The van der Waals surface area contributed by atoms with E-state index in [1.807, 2.05) is 13.8 Å². The number of ketones is 1. The van der Waals surface area contributed by atoms with Gasteiger partial charge in [0.25, 0.3) is 5.89 Å². The van der Waals surface area contributed by atoms with Gasteiger partial charge in [-0.15, -0.1) is 0 Å². The Morgan fingerprint density at radius 1 is 1.13 bits per heavy atom. The van der Waals surface area contributed by atoms with Gasteiger partial charge in [0.1, 0.15) is 11.4 Å². The Kier molecular flexibility index (Phi) is 4.83. The average Bonchev–Trinajstić information content (AvgIpc) is 3.23. The summed E-state index contributed by atoms with van der Waals surface area (Å²) in [5, 5.41) is 3.69. The van der Waals surface area contributed by atoms with Crippen molar-refractivity contribution in [3.8, 4) is 28.6 Å². The zero-order valence-corrected chi connectivity index (χ0v) is 16.3. The second-order valence-corrected chi connectivity index (χ2v) is 7.15. The number of rotatable bonds is 4. The number of halogens is 3. The Morgan fingerprint density at radius 2 is 1.90 bits per heavy atom. The molecule has 0 saturated heterocycles. The van der Waals surface area contributed by atoms with Gasteiger partial charge in [-0.3, -0.25) is 9.78 Å². The van der Waals surface area contributed by atoms with Crippen molar-refractivity contribution in [2.24, 2.45) is 0 Å². The van der Waals surface area contributed by atoms with Crippen molar-refractivity contribution in [3.63, 3.8) is 0 Å². The number of alkyl halides is 3. The monoisotopic (exact) mass is 417 g/mol. The molecule has 30 heavy (non-hydrogen) atoms. The third kappa shape index (κ3) is 3.44. The summed E-state index contributed by atoms with van der Waals surface area (Å²) in [4.78, 5) is 20.3. The molecule has 0 bridgehead atoms. The average molecular weight is 417 g/mol. The van der Waals surface area contributed by atoms with Crippen LogP contribution in [0.3, 0.4) is 0 Å². The number of benzene rings is 1. The molecule has 4 rings (SSSR count). The molecular weight excluding hydrogens is 399 g/mol. The molecule has 1 aliphatic heterocycles. The summed E-state index contributed by atoms with van der Waals surface area (Å²) in [5.41, 5.74) is -0.891. The molecule has 0 saturated carbocycles. The van der Waals surface area contributed by atoms with Gasteiger partial charge in [-0.05, 0) is 37.1 Å². The highest BCUT2D eigenvalue weighted by Crippen LogP contribution is 2.39. The fraction of sp³-hybridized carbons (Fsp3) is 0.333. The molecule has 0 aliphatic carbocycles. The van der Waals surface area contributed by atoms with Crippen LogP contribution in [-0.2, 0) is 6.18 Å². The van der Waals surface area contributed by atoms with E-state index in [4.69, 9.17) is 9.26 Å². The van der Waals surface area contributed by atoms with Crippen molar-refractivity contribution in [2.75, 3.05) is 0 Å². The van der Waals surface area contributed by atoms with Crippen LogP contribution in [0.5, 0.6) is 5.75 Å². The van der Waals surface area contributed by atoms with Crippen LogP contribution in [0.15, 0.2) is 41.2 Å². The van der Waals surface area contributed by atoms with Crippen LogP contribution in [0.2, 0.25) is 0 Å². The molecule has 0 unspecified atom stereocenters. The number of pyridine rings is 1. The lowest BCUT2D eigenvalue weighted by molar-refractivity contribution is -0.137. The molecule has 1 aliphatic rings.